The highest BCUT2D eigenvalue weighted by Crippen LogP contribution is 2.29. The number of carbonyl (C=O) groups is 3. The van der Waals surface area contributed by atoms with Crippen molar-refractivity contribution < 1.29 is 19.1 Å². The predicted molar refractivity (Wildman–Crippen MR) is 121 cm³/mol. The van der Waals surface area contributed by atoms with Crippen molar-refractivity contribution in [2.45, 2.75) is 6.42 Å². The number of nitrogens with two attached hydrogens (primary N) is 1. The zero-order valence-corrected chi connectivity index (χ0v) is 18.5. The number of nitrogens with zero attached hydrogens (tertiary/aromatic N) is 2. The van der Waals surface area contributed by atoms with Crippen LogP contribution in [0.3, 0.4) is 0 Å². The van der Waals surface area contributed by atoms with Gasteiger partial charge in [0.25, 0.3) is 17.7 Å². The van der Waals surface area contributed by atoms with Gasteiger partial charge in [0.1, 0.15) is 5.75 Å². The highest BCUT2D eigenvalue weighted by atomic mass is 35.5. The van der Waals surface area contributed by atoms with Crippen molar-refractivity contribution in [1.82, 2.24) is 15.1 Å². The number of nitrogen functional groups attached to an aromatic ring is 1. The summed E-state index contributed by atoms with van der Waals surface area (Å²) in [6.07, 6.45) is 0.919. The normalized spacial score (nSPS) is 18.2. The fourth-order valence-electron chi connectivity index (χ4n) is 4.21. The van der Waals surface area contributed by atoms with Crippen molar-refractivity contribution in [1.29, 1.82) is 0 Å². The number of carbonyl (C=O) groups excluding carboxylic acids is 3. The largest absolute Gasteiger partial charge is 0.496 e. The molecule has 0 saturated carbocycles. The van der Waals surface area contributed by atoms with Crippen molar-refractivity contribution in [2.24, 2.45) is 5.92 Å². The third-order valence-corrected chi connectivity index (χ3v) is 6.33. The van der Waals surface area contributed by atoms with Crippen LogP contribution in [-0.2, 0) is 0 Å². The summed E-state index contributed by atoms with van der Waals surface area (Å²) < 4.78 is 5.25. The average Bonchev–Trinajstić information content (AvgIpc) is 3.35. The molecule has 1 unspecified atom stereocenters. The maximum atomic E-state index is 12.6. The number of fused-ring (bicyclic) bond motifs is 1. The van der Waals surface area contributed by atoms with Gasteiger partial charge in [-0.2, -0.15) is 0 Å². The summed E-state index contributed by atoms with van der Waals surface area (Å²) >= 11 is 6.05. The first-order chi connectivity index (χ1) is 15.4. The second kappa shape index (κ2) is 9.18. The Hall–Kier alpha value is -3.10. The smallest absolute Gasteiger partial charge is 0.261 e. The number of benzene rings is 2. The fourth-order valence-corrected chi connectivity index (χ4v) is 4.38. The van der Waals surface area contributed by atoms with Crippen molar-refractivity contribution >= 4 is 35.0 Å². The molecular formula is C23H25ClN4O4. The van der Waals surface area contributed by atoms with E-state index < -0.39 is 0 Å². The lowest BCUT2D eigenvalue weighted by Gasteiger charge is -2.20. The minimum atomic E-state index is -0.270. The number of hydrogen-bond donors (Lipinski definition) is 2. The van der Waals surface area contributed by atoms with Crippen LogP contribution in [-0.4, -0.2) is 67.4 Å². The van der Waals surface area contributed by atoms with Gasteiger partial charge in [-0.1, -0.05) is 23.7 Å². The van der Waals surface area contributed by atoms with E-state index in [9.17, 15) is 14.4 Å². The minimum Gasteiger partial charge on any atom is -0.496 e. The van der Waals surface area contributed by atoms with Crippen LogP contribution >= 0.6 is 11.6 Å². The molecule has 1 saturated heterocycles. The Morgan fingerprint density at radius 3 is 2.53 bits per heavy atom. The van der Waals surface area contributed by atoms with E-state index in [1.807, 2.05) is 0 Å². The molecule has 2 heterocycles. The van der Waals surface area contributed by atoms with Crippen LogP contribution in [0.25, 0.3) is 0 Å². The lowest BCUT2D eigenvalue weighted by atomic mass is 10.1. The minimum absolute atomic E-state index is 0.232. The van der Waals surface area contributed by atoms with Gasteiger partial charge in [-0.25, -0.2) is 0 Å². The summed E-state index contributed by atoms with van der Waals surface area (Å²) in [5.74, 6) is -0.0857. The first-order valence-corrected chi connectivity index (χ1v) is 10.9. The Kier molecular flexibility index (Phi) is 6.34. The highest BCUT2D eigenvalue weighted by molar-refractivity contribution is 6.33. The van der Waals surface area contributed by atoms with Gasteiger partial charge in [0.2, 0.25) is 0 Å². The highest BCUT2D eigenvalue weighted by Gasteiger charge is 2.35. The van der Waals surface area contributed by atoms with Crippen molar-refractivity contribution in [3.8, 4) is 5.75 Å². The van der Waals surface area contributed by atoms with Gasteiger partial charge in [-0.15, -0.1) is 0 Å². The van der Waals surface area contributed by atoms with Crippen LogP contribution in [0, 0.1) is 5.92 Å². The average molecular weight is 457 g/mol. The van der Waals surface area contributed by atoms with Crippen LogP contribution in [0.15, 0.2) is 36.4 Å². The molecule has 32 heavy (non-hydrogen) atoms. The monoisotopic (exact) mass is 456 g/mol. The number of nitrogens with one attached hydrogen (secondary N) is 1. The van der Waals surface area contributed by atoms with Crippen LogP contribution in [0.2, 0.25) is 5.02 Å². The lowest BCUT2D eigenvalue weighted by Crippen LogP contribution is -2.38. The summed E-state index contributed by atoms with van der Waals surface area (Å²) in [5.41, 5.74) is 7.41. The molecule has 0 spiro atoms. The van der Waals surface area contributed by atoms with Crippen LogP contribution in [0.1, 0.15) is 37.5 Å². The standard InChI is InChI=1S/C23H25ClN4O4/c1-32-20-11-19(25)18(24)10-17(20)21(29)26-12-14-6-7-27(13-14)8-9-28-22(30)15-4-2-3-5-16(15)23(28)31/h2-5,10-11,14H,6-9,12-13,25H2,1H3,(H,26,29). The third-order valence-electron chi connectivity index (χ3n) is 6.00. The van der Waals surface area contributed by atoms with E-state index in [0.717, 1.165) is 19.5 Å². The zero-order valence-electron chi connectivity index (χ0n) is 17.8. The summed E-state index contributed by atoms with van der Waals surface area (Å²) in [4.78, 5) is 41.1. The van der Waals surface area contributed by atoms with Gasteiger partial charge in [-0.3, -0.25) is 19.3 Å². The Balaban J connectivity index is 1.27. The van der Waals surface area contributed by atoms with Gasteiger partial charge >= 0.3 is 0 Å². The molecule has 8 nitrogen and oxygen atoms in total. The third kappa shape index (κ3) is 4.28. The number of methoxy groups -OCH3 is 1. The molecule has 0 radical (unpaired) electrons. The summed E-state index contributed by atoms with van der Waals surface area (Å²) in [7, 11) is 1.47. The van der Waals surface area contributed by atoms with Crippen LogP contribution in [0.4, 0.5) is 5.69 Å². The van der Waals surface area contributed by atoms with Gasteiger partial charge in [0, 0.05) is 32.2 Å². The SMILES string of the molecule is COc1cc(N)c(Cl)cc1C(=O)NCC1CCN(CCN2C(=O)c3ccccc3C2=O)C1. The summed E-state index contributed by atoms with van der Waals surface area (Å²) in [6, 6.07) is 9.95. The van der Waals surface area contributed by atoms with E-state index in [0.29, 0.717) is 52.8 Å². The number of halogens is 1. The molecular weight excluding hydrogens is 432 g/mol. The first kappa shape index (κ1) is 22.1. The van der Waals surface area contributed by atoms with E-state index in [2.05, 4.69) is 10.2 Å². The lowest BCUT2D eigenvalue weighted by molar-refractivity contribution is 0.0639. The first-order valence-electron chi connectivity index (χ1n) is 10.5. The Bertz CT molecular complexity index is 1040. The fraction of sp³-hybridized carbons (Fsp3) is 0.348. The molecule has 0 aliphatic carbocycles. The number of anilines is 1. The van der Waals surface area contributed by atoms with Gasteiger partial charge in [0.15, 0.2) is 0 Å². The van der Waals surface area contributed by atoms with Crippen molar-refractivity contribution in [3.05, 3.63) is 58.1 Å². The summed E-state index contributed by atoms with van der Waals surface area (Å²) in [6.45, 7) is 3.10. The van der Waals surface area contributed by atoms with E-state index in [-0.39, 0.29) is 23.6 Å². The molecule has 2 aromatic carbocycles. The number of amides is 3. The van der Waals surface area contributed by atoms with Crippen LogP contribution < -0.4 is 15.8 Å². The number of likely N-dealkylation sites (tertiary alicyclic amines) is 1. The van der Waals surface area contributed by atoms with Gasteiger partial charge in [-0.05, 0) is 37.1 Å². The Labute approximate surface area is 191 Å². The molecule has 3 N–H and O–H groups in total. The Morgan fingerprint density at radius 2 is 1.88 bits per heavy atom. The molecule has 1 atom stereocenters. The molecule has 3 amide bonds. The second-order valence-electron chi connectivity index (χ2n) is 8.05. The van der Waals surface area contributed by atoms with E-state index in [1.165, 1.54) is 24.1 Å². The summed E-state index contributed by atoms with van der Waals surface area (Å²) in [5, 5.41) is 3.24. The topological polar surface area (TPSA) is 105 Å². The van der Waals surface area contributed by atoms with Gasteiger partial charge in [0.05, 0.1) is 34.5 Å². The Morgan fingerprint density at radius 1 is 1.19 bits per heavy atom. The molecule has 2 aliphatic heterocycles. The molecule has 4 rings (SSSR count). The molecule has 0 bridgehead atoms. The quantitative estimate of drug-likeness (QED) is 0.489. The van der Waals surface area contributed by atoms with E-state index in [1.54, 1.807) is 24.3 Å². The molecule has 0 aromatic heterocycles. The number of rotatable bonds is 7. The predicted octanol–water partition coefficient (Wildman–Crippen LogP) is 2.28. The molecule has 1 fully saturated rings. The van der Waals surface area contributed by atoms with E-state index in [4.69, 9.17) is 22.1 Å². The zero-order chi connectivity index (χ0) is 22.8. The maximum Gasteiger partial charge on any atom is 0.261 e. The second-order valence-corrected chi connectivity index (χ2v) is 8.45. The van der Waals surface area contributed by atoms with E-state index >= 15 is 0 Å². The molecule has 2 aliphatic rings. The van der Waals surface area contributed by atoms with Gasteiger partial charge < -0.3 is 20.7 Å². The van der Waals surface area contributed by atoms with Crippen molar-refractivity contribution in [3.63, 3.8) is 0 Å². The molecule has 2 aromatic rings. The number of hydrogen-bond acceptors (Lipinski definition) is 6. The number of imide groups is 1. The number of ether oxygens (including phenoxy) is 1. The molecule has 168 valence electrons. The maximum absolute atomic E-state index is 12.6. The van der Waals surface area contributed by atoms with Crippen molar-refractivity contribution in [2.75, 3.05) is 45.6 Å². The van der Waals surface area contributed by atoms with Crippen LogP contribution in [0.5, 0.6) is 5.75 Å². The molecule has 9 heteroatoms.